The minimum absolute atomic E-state index is 0.0821. The zero-order valence-electron chi connectivity index (χ0n) is 11.0. The Balaban J connectivity index is 1.81. The summed E-state index contributed by atoms with van der Waals surface area (Å²) < 4.78 is 0.745. The van der Waals surface area contributed by atoms with E-state index in [9.17, 15) is 9.90 Å². The van der Waals surface area contributed by atoms with Gasteiger partial charge in [-0.05, 0) is 31.5 Å². The summed E-state index contributed by atoms with van der Waals surface area (Å²) in [6.07, 6.45) is 1.51. The number of aliphatic hydroxyl groups is 1. The first kappa shape index (κ1) is 14.8. The van der Waals surface area contributed by atoms with Gasteiger partial charge in [-0.2, -0.15) is 0 Å². The van der Waals surface area contributed by atoms with Gasteiger partial charge in [0.15, 0.2) is 0 Å². The number of likely N-dealkylation sites (tertiary alicyclic amines) is 1. The molecule has 4 nitrogen and oxygen atoms in total. The van der Waals surface area contributed by atoms with E-state index < -0.39 is 0 Å². The van der Waals surface area contributed by atoms with Crippen LogP contribution >= 0.6 is 22.9 Å². The molecule has 6 heteroatoms. The summed E-state index contributed by atoms with van der Waals surface area (Å²) in [7, 11) is 1.80. The van der Waals surface area contributed by atoms with Crippen LogP contribution in [0.15, 0.2) is 12.1 Å². The van der Waals surface area contributed by atoms with Crippen molar-refractivity contribution in [1.29, 1.82) is 0 Å². The molecule has 0 aliphatic carbocycles. The van der Waals surface area contributed by atoms with Crippen molar-refractivity contribution in [1.82, 2.24) is 9.80 Å². The molecule has 1 N–H and O–H groups in total. The lowest BCUT2D eigenvalue weighted by Crippen LogP contribution is -2.44. The van der Waals surface area contributed by atoms with Gasteiger partial charge in [0.05, 0.1) is 23.5 Å². The lowest BCUT2D eigenvalue weighted by Gasteiger charge is -2.30. The fourth-order valence-electron chi connectivity index (χ4n) is 2.25. The van der Waals surface area contributed by atoms with E-state index in [1.807, 2.05) is 17.0 Å². The molecule has 1 aliphatic rings. The van der Waals surface area contributed by atoms with E-state index in [0.29, 0.717) is 19.6 Å². The van der Waals surface area contributed by atoms with Crippen LogP contribution in [0.2, 0.25) is 4.34 Å². The van der Waals surface area contributed by atoms with Gasteiger partial charge in [0.2, 0.25) is 5.91 Å². The topological polar surface area (TPSA) is 43.8 Å². The van der Waals surface area contributed by atoms with Gasteiger partial charge in [0.1, 0.15) is 0 Å². The molecule has 1 amide bonds. The van der Waals surface area contributed by atoms with Gasteiger partial charge in [0.25, 0.3) is 0 Å². The van der Waals surface area contributed by atoms with E-state index in [1.165, 1.54) is 11.3 Å². The quantitative estimate of drug-likeness (QED) is 0.922. The molecule has 1 aromatic heterocycles. The van der Waals surface area contributed by atoms with E-state index >= 15 is 0 Å². The molecule has 0 bridgehead atoms. The molecule has 0 radical (unpaired) electrons. The normalized spacial score (nSPS) is 20.5. The molecule has 1 atom stereocenters. The smallest absolute Gasteiger partial charge is 0.236 e. The molecule has 1 aromatic rings. The average molecular weight is 303 g/mol. The van der Waals surface area contributed by atoms with Gasteiger partial charge in [-0.25, -0.2) is 0 Å². The van der Waals surface area contributed by atoms with Crippen LogP contribution < -0.4 is 0 Å². The van der Waals surface area contributed by atoms with Crippen molar-refractivity contribution >= 4 is 28.8 Å². The molecule has 0 spiro atoms. The summed E-state index contributed by atoms with van der Waals surface area (Å²) in [4.78, 5) is 16.9. The van der Waals surface area contributed by atoms with Gasteiger partial charge in [-0.15, -0.1) is 11.3 Å². The number of thiophene rings is 1. The molecule has 1 aliphatic heterocycles. The summed E-state index contributed by atoms with van der Waals surface area (Å²) in [5.41, 5.74) is 0. The maximum atomic E-state index is 12.1. The molecular weight excluding hydrogens is 284 g/mol. The van der Waals surface area contributed by atoms with E-state index in [-0.39, 0.29) is 12.0 Å². The molecular formula is C13H19ClN2O2S. The summed E-state index contributed by atoms with van der Waals surface area (Å²) in [6, 6.07) is 3.79. The predicted molar refractivity (Wildman–Crippen MR) is 77.5 cm³/mol. The maximum Gasteiger partial charge on any atom is 0.236 e. The van der Waals surface area contributed by atoms with Crippen molar-refractivity contribution in [2.75, 3.05) is 26.7 Å². The van der Waals surface area contributed by atoms with Crippen molar-refractivity contribution in [3.8, 4) is 0 Å². The largest absolute Gasteiger partial charge is 0.392 e. The first-order valence-corrected chi connectivity index (χ1v) is 7.62. The molecule has 0 unspecified atom stereocenters. The third-order valence-electron chi connectivity index (χ3n) is 3.29. The van der Waals surface area contributed by atoms with E-state index in [2.05, 4.69) is 0 Å². The van der Waals surface area contributed by atoms with E-state index in [0.717, 1.165) is 28.6 Å². The number of aliphatic hydroxyl groups excluding tert-OH is 1. The second-order valence-corrected chi connectivity index (χ2v) is 6.79. The van der Waals surface area contributed by atoms with Gasteiger partial charge in [0, 0.05) is 18.5 Å². The standard InChI is InChI=1S/C13H19ClN2O2S/c1-15(8-11-4-5-12(14)19-11)13(18)9-16-6-2-3-10(17)7-16/h4-5,10,17H,2-3,6-9H2,1H3/t10-/m0/s1. The van der Waals surface area contributed by atoms with Crippen LogP contribution in [0.5, 0.6) is 0 Å². The number of amides is 1. The van der Waals surface area contributed by atoms with Crippen LogP contribution in [0.4, 0.5) is 0 Å². The van der Waals surface area contributed by atoms with Gasteiger partial charge >= 0.3 is 0 Å². The predicted octanol–water partition coefficient (Wildman–Crippen LogP) is 1.82. The lowest BCUT2D eigenvalue weighted by molar-refractivity contribution is -0.132. The molecule has 19 heavy (non-hydrogen) atoms. The fraction of sp³-hybridized carbons (Fsp3) is 0.615. The fourth-order valence-corrected chi connectivity index (χ4v) is 3.39. The number of β-amino-alcohol motifs (C(OH)–C–C–N with tert-alkyl or cyclic N) is 1. The average Bonchev–Trinajstić information content (AvgIpc) is 2.74. The number of likely N-dealkylation sites (N-methyl/N-ethyl adjacent to an activating group) is 1. The summed E-state index contributed by atoms with van der Waals surface area (Å²) in [5, 5.41) is 9.59. The zero-order valence-corrected chi connectivity index (χ0v) is 12.6. The van der Waals surface area contributed by atoms with Crippen molar-refractivity contribution < 1.29 is 9.90 Å². The number of halogens is 1. The monoisotopic (exact) mass is 302 g/mol. The second kappa shape index (κ2) is 6.70. The van der Waals surface area contributed by atoms with Crippen LogP contribution in [-0.4, -0.2) is 53.6 Å². The van der Waals surface area contributed by atoms with Crippen LogP contribution in [0.25, 0.3) is 0 Å². The van der Waals surface area contributed by atoms with Crippen LogP contribution in [0, 0.1) is 0 Å². The number of nitrogens with zero attached hydrogens (tertiary/aromatic N) is 2. The lowest BCUT2D eigenvalue weighted by atomic mass is 10.1. The van der Waals surface area contributed by atoms with E-state index in [1.54, 1.807) is 11.9 Å². The van der Waals surface area contributed by atoms with Crippen LogP contribution in [0.1, 0.15) is 17.7 Å². The SMILES string of the molecule is CN(Cc1ccc(Cl)s1)C(=O)CN1CCC[C@H](O)C1. The molecule has 0 aromatic carbocycles. The van der Waals surface area contributed by atoms with Crippen molar-refractivity contribution in [3.05, 3.63) is 21.3 Å². The Morgan fingerprint density at radius 2 is 2.42 bits per heavy atom. The molecule has 2 heterocycles. The highest BCUT2D eigenvalue weighted by Gasteiger charge is 2.21. The summed E-state index contributed by atoms with van der Waals surface area (Å²) in [6.45, 7) is 2.46. The highest BCUT2D eigenvalue weighted by atomic mass is 35.5. The van der Waals surface area contributed by atoms with Gasteiger partial charge < -0.3 is 10.0 Å². The highest BCUT2D eigenvalue weighted by molar-refractivity contribution is 7.16. The molecule has 1 saturated heterocycles. The number of rotatable bonds is 4. The molecule has 0 saturated carbocycles. The zero-order chi connectivity index (χ0) is 13.8. The minimum atomic E-state index is -0.289. The number of hydrogen-bond acceptors (Lipinski definition) is 4. The Morgan fingerprint density at radius 1 is 1.63 bits per heavy atom. The van der Waals surface area contributed by atoms with E-state index in [4.69, 9.17) is 11.6 Å². The Kier molecular flexibility index (Phi) is 5.21. The molecule has 106 valence electrons. The molecule has 1 fully saturated rings. The molecule has 2 rings (SSSR count). The van der Waals surface area contributed by atoms with Crippen molar-refractivity contribution in [2.45, 2.75) is 25.5 Å². The van der Waals surface area contributed by atoms with Crippen LogP contribution in [-0.2, 0) is 11.3 Å². The highest BCUT2D eigenvalue weighted by Crippen LogP contribution is 2.22. The van der Waals surface area contributed by atoms with Crippen molar-refractivity contribution in [3.63, 3.8) is 0 Å². The minimum Gasteiger partial charge on any atom is -0.392 e. The van der Waals surface area contributed by atoms with Gasteiger partial charge in [-0.1, -0.05) is 11.6 Å². The third-order valence-corrected chi connectivity index (χ3v) is 4.50. The second-order valence-electron chi connectivity index (χ2n) is 4.99. The third kappa shape index (κ3) is 4.45. The van der Waals surface area contributed by atoms with Crippen molar-refractivity contribution in [2.24, 2.45) is 0 Å². The Morgan fingerprint density at radius 3 is 3.05 bits per heavy atom. The summed E-state index contributed by atoms with van der Waals surface area (Å²) in [5.74, 6) is 0.0821. The number of carbonyl (C=O) groups excluding carboxylic acids is 1. The summed E-state index contributed by atoms with van der Waals surface area (Å²) >= 11 is 7.37. The Hall–Kier alpha value is -0.620. The Bertz CT molecular complexity index is 438. The van der Waals surface area contributed by atoms with Gasteiger partial charge in [-0.3, -0.25) is 9.69 Å². The maximum absolute atomic E-state index is 12.1. The number of piperidine rings is 1. The number of carbonyl (C=O) groups is 1. The first-order chi connectivity index (χ1) is 9.04. The Labute approximate surface area is 122 Å². The first-order valence-electron chi connectivity index (χ1n) is 6.43. The van der Waals surface area contributed by atoms with Crippen LogP contribution in [0.3, 0.4) is 0 Å². The number of hydrogen-bond donors (Lipinski definition) is 1.